The molecule has 0 saturated carbocycles. The van der Waals surface area contributed by atoms with E-state index in [0.29, 0.717) is 0 Å². The molecule has 0 bridgehead atoms. The van der Waals surface area contributed by atoms with E-state index in [2.05, 4.69) is 10.0 Å². The van der Waals surface area contributed by atoms with Crippen molar-refractivity contribution in [3.8, 4) is 0 Å². The molecule has 248 valence electrons. The Labute approximate surface area is 266 Å². The third-order valence-corrected chi connectivity index (χ3v) is 7.70. The zero-order valence-electron chi connectivity index (χ0n) is 26.0. The molecule has 0 radical (unpaired) electrons. The summed E-state index contributed by atoms with van der Waals surface area (Å²) in [5, 5.41) is 15.1. The largest absolute Gasteiger partial charge is 0.463 e. The molecule has 2 saturated heterocycles. The maximum Gasteiger partial charge on any atom is 0.303 e. The number of carbonyl (C=O) groups is 3. The molecule has 2 aromatic carbocycles. The highest BCUT2D eigenvalue weighted by Crippen LogP contribution is 2.36. The van der Waals surface area contributed by atoms with Gasteiger partial charge in [-0.1, -0.05) is 72.7 Å². The zero-order chi connectivity index (χ0) is 33.2. The van der Waals surface area contributed by atoms with Crippen LogP contribution >= 0.6 is 0 Å². The fourth-order valence-corrected chi connectivity index (χ4v) is 5.46. The topological polar surface area (TPSA) is 185 Å². The van der Waals surface area contributed by atoms with Gasteiger partial charge in [-0.15, -0.1) is 0 Å². The van der Waals surface area contributed by atoms with Crippen LogP contribution in [0.4, 0.5) is 0 Å². The fraction of sp³-hybridized carbons (Fsp3) is 0.531. The maximum atomic E-state index is 12.6. The van der Waals surface area contributed by atoms with Crippen molar-refractivity contribution in [2.24, 2.45) is 11.0 Å². The van der Waals surface area contributed by atoms with Crippen LogP contribution in [0.25, 0.3) is 10.4 Å². The van der Waals surface area contributed by atoms with E-state index >= 15 is 0 Å². The number of rotatable bonds is 13. The standard InChI is InChI=1S/C32H39N3O11/c1-18-25(34-35-33)31(42-16-23-13-9-6-10-14-23)44-24(17-40-20(3)37)27(18)45-32-30(43-21(4)38)29(26(39)28(46-32)19(2)36)41-15-22-11-7-5-8-12-22/h5-14,18,24-32,39H,15-17H2,1-4H3/t18-,24?,25?,26-,27+,28?,29?,30+,31?,32-/m1/s1. The van der Waals surface area contributed by atoms with Crippen LogP contribution in [0, 0.1) is 5.92 Å². The Bertz CT molecular complexity index is 1360. The number of ketones is 1. The minimum atomic E-state index is -1.51. The molecule has 14 heteroatoms. The van der Waals surface area contributed by atoms with Crippen LogP contribution < -0.4 is 0 Å². The summed E-state index contributed by atoms with van der Waals surface area (Å²) in [4.78, 5) is 39.7. The minimum absolute atomic E-state index is 0.0229. The maximum absolute atomic E-state index is 12.6. The number of esters is 2. The van der Waals surface area contributed by atoms with Gasteiger partial charge in [-0.05, 0) is 29.5 Å². The molecule has 0 amide bonds. The van der Waals surface area contributed by atoms with Gasteiger partial charge in [-0.25, -0.2) is 0 Å². The van der Waals surface area contributed by atoms with Crippen molar-refractivity contribution < 1.29 is 52.6 Å². The van der Waals surface area contributed by atoms with Crippen LogP contribution in [0.5, 0.6) is 0 Å². The number of carbonyl (C=O) groups excluding carboxylic acids is 3. The molecule has 2 heterocycles. The second kappa shape index (κ2) is 16.6. The second-order valence-corrected chi connectivity index (χ2v) is 11.2. The molecule has 0 aliphatic carbocycles. The van der Waals surface area contributed by atoms with Gasteiger partial charge in [0.2, 0.25) is 0 Å². The van der Waals surface area contributed by atoms with E-state index < -0.39 is 78.9 Å². The summed E-state index contributed by atoms with van der Waals surface area (Å²) in [6.07, 6.45) is -9.95. The minimum Gasteiger partial charge on any atom is -0.463 e. The average molecular weight is 642 g/mol. The highest BCUT2D eigenvalue weighted by Gasteiger charge is 2.53. The van der Waals surface area contributed by atoms with Crippen molar-refractivity contribution in [2.75, 3.05) is 6.61 Å². The highest BCUT2D eigenvalue weighted by molar-refractivity contribution is 5.81. The molecule has 46 heavy (non-hydrogen) atoms. The van der Waals surface area contributed by atoms with E-state index in [1.807, 2.05) is 60.7 Å². The normalized spacial score (nSPS) is 30.9. The zero-order valence-corrected chi connectivity index (χ0v) is 26.0. The van der Waals surface area contributed by atoms with Crippen LogP contribution in [0.2, 0.25) is 0 Å². The number of azide groups is 1. The summed E-state index contributed by atoms with van der Waals surface area (Å²) >= 11 is 0. The molecule has 2 aromatic rings. The van der Waals surface area contributed by atoms with E-state index in [4.69, 9.17) is 33.2 Å². The predicted molar refractivity (Wildman–Crippen MR) is 159 cm³/mol. The Morgan fingerprint density at radius 2 is 1.46 bits per heavy atom. The van der Waals surface area contributed by atoms with Gasteiger partial charge in [-0.2, -0.15) is 0 Å². The van der Waals surface area contributed by atoms with E-state index in [9.17, 15) is 25.0 Å². The third kappa shape index (κ3) is 9.10. The first-order chi connectivity index (χ1) is 22.1. The molecule has 0 spiro atoms. The van der Waals surface area contributed by atoms with E-state index in [-0.39, 0.29) is 19.8 Å². The molecule has 0 aromatic heterocycles. The Hall–Kier alpha value is -3.88. The molecule has 10 atom stereocenters. The Morgan fingerprint density at radius 1 is 0.848 bits per heavy atom. The number of aliphatic hydroxyl groups is 1. The van der Waals surface area contributed by atoms with E-state index in [0.717, 1.165) is 11.1 Å². The van der Waals surface area contributed by atoms with Gasteiger partial charge in [0.1, 0.15) is 31.0 Å². The lowest BCUT2D eigenvalue weighted by molar-refractivity contribution is -0.340. The Kier molecular flexibility index (Phi) is 12.6. The van der Waals surface area contributed by atoms with Crippen LogP contribution in [-0.4, -0.2) is 84.7 Å². The quantitative estimate of drug-likeness (QED) is 0.146. The SMILES string of the molecule is CC(=O)OCC1OC(OCc2ccccc2)C(N=[N+]=[N-])[C@@H](C)[C@@H]1O[C@@H]1OC(C(C)=O)[C@@H](O)C(OCc2ccccc2)[C@@H]1OC(C)=O. The summed E-state index contributed by atoms with van der Waals surface area (Å²) in [6.45, 7) is 5.29. The summed E-state index contributed by atoms with van der Waals surface area (Å²) in [5.74, 6) is -2.44. The van der Waals surface area contributed by atoms with Crippen LogP contribution in [0.1, 0.15) is 38.8 Å². The number of Topliss-reactive ketones (excluding diaryl/α,β-unsaturated/α-hetero) is 1. The van der Waals surface area contributed by atoms with Gasteiger partial charge in [0.25, 0.3) is 0 Å². The molecule has 2 aliphatic heterocycles. The monoisotopic (exact) mass is 641 g/mol. The van der Waals surface area contributed by atoms with E-state index in [1.54, 1.807) is 6.92 Å². The lowest BCUT2D eigenvalue weighted by Gasteiger charge is -2.48. The number of aliphatic hydroxyl groups excluding tert-OH is 1. The molecule has 14 nitrogen and oxygen atoms in total. The average Bonchev–Trinajstić information content (AvgIpc) is 3.03. The summed E-state index contributed by atoms with van der Waals surface area (Å²) in [7, 11) is 0. The van der Waals surface area contributed by atoms with Crippen LogP contribution in [0.3, 0.4) is 0 Å². The molecular weight excluding hydrogens is 602 g/mol. The van der Waals surface area contributed by atoms with Gasteiger partial charge in [0.05, 0.1) is 25.4 Å². The van der Waals surface area contributed by atoms with Gasteiger partial charge in [0.15, 0.2) is 24.5 Å². The first-order valence-corrected chi connectivity index (χ1v) is 14.9. The lowest BCUT2D eigenvalue weighted by Crippen LogP contribution is -2.64. The number of ether oxygens (including phenoxy) is 7. The summed E-state index contributed by atoms with van der Waals surface area (Å²) in [6, 6.07) is 17.5. The lowest BCUT2D eigenvalue weighted by atomic mass is 9.88. The molecular formula is C32H39N3O11. The number of hydrogen-bond donors (Lipinski definition) is 1. The van der Waals surface area contributed by atoms with Gasteiger partial charge < -0.3 is 38.3 Å². The van der Waals surface area contributed by atoms with Crippen molar-refractivity contribution in [1.29, 1.82) is 0 Å². The van der Waals surface area contributed by atoms with Crippen molar-refractivity contribution in [3.63, 3.8) is 0 Å². The number of hydrogen-bond acceptors (Lipinski definition) is 12. The van der Waals surface area contributed by atoms with Gasteiger partial charge in [-0.3, -0.25) is 14.4 Å². The molecule has 4 rings (SSSR count). The Balaban J connectivity index is 1.64. The molecule has 2 aliphatic rings. The van der Waals surface area contributed by atoms with Crippen LogP contribution in [0.15, 0.2) is 65.8 Å². The first kappa shape index (κ1) is 35.0. The fourth-order valence-electron chi connectivity index (χ4n) is 5.46. The first-order valence-electron chi connectivity index (χ1n) is 14.9. The number of nitrogens with zero attached hydrogens (tertiary/aromatic N) is 3. The highest BCUT2D eigenvalue weighted by atomic mass is 16.7. The summed E-state index contributed by atoms with van der Waals surface area (Å²) < 4.78 is 41.5. The Morgan fingerprint density at radius 3 is 2.00 bits per heavy atom. The smallest absolute Gasteiger partial charge is 0.303 e. The second-order valence-electron chi connectivity index (χ2n) is 11.2. The van der Waals surface area contributed by atoms with Gasteiger partial charge >= 0.3 is 11.9 Å². The van der Waals surface area contributed by atoms with E-state index in [1.165, 1.54) is 20.8 Å². The predicted octanol–water partition coefficient (Wildman–Crippen LogP) is 3.38. The van der Waals surface area contributed by atoms with Crippen molar-refractivity contribution >= 4 is 17.7 Å². The molecule has 2 fully saturated rings. The van der Waals surface area contributed by atoms with Crippen LogP contribution in [-0.2, 0) is 60.8 Å². The number of benzene rings is 2. The summed E-state index contributed by atoms with van der Waals surface area (Å²) in [5.41, 5.74) is 11.0. The van der Waals surface area contributed by atoms with Crippen molar-refractivity contribution in [1.82, 2.24) is 0 Å². The van der Waals surface area contributed by atoms with Crippen molar-refractivity contribution in [3.05, 3.63) is 82.2 Å². The third-order valence-electron chi connectivity index (χ3n) is 7.70. The molecule has 5 unspecified atom stereocenters. The molecule has 1 N–H and O–H groups in total. The van der Waals surface area contributed by atoms with Crippen molar-refractivity contribution in [2.45, 2.75) is 96.2 Å². The van der Waals surface area contributed by atoms with Gasteiger partial charge in [0, 0.05) is 18.8 Å².